The maximum Gasteiger partial charge on any atom is 0.323 e. The lowest BCUT2D eigenvalue weighted by Gasteiger charge is -2.37. The van der Waals surface area contributed by atoms with Crippen LogP contribution in [-0.4, -0.2) is 54.2 Å². The molecule has 2 rings (SSSR count). The van der Waals surface area contributed by atoms with E-state index in [2.05, 4.69) is 34.1 Å². The molecule has 1 heterocycles. The number of carbonyl (C=O) groups is 1. The Kier molecular flexibility index (Phi) is 4.62. The molecule has 3 N–H and O–H groups in total. The highest BCUT2D eigenvalue weighted by Crippen LogP contribution is 2.16. The van der Waals surface area contributed by atoms with Crippen molar-refractivity contribution >= 4 is 11.7 Å². The molecule has 1 aromatic carbocycles. The molecule has 20 heavy (non-hydrogen) atoms. The highest BCUT2D eigenvalue weighted by molar-refractivity contribution is 5.77. The largest absolute Gasteiger partial charge is 0.480 e. The van der Waals surface area contributed by atoms with Crippen molar-refractivity contribution in [1.82, 2.24) is 4.90 Å². The van der Waals surface area contributed by atoms with Crippen molar-refractivity contribution in [2.75, 3.05) is 37.6 Å². The second kappa shape index (κ2) is 6.24. The molecule has 0 aliphatic carbocycles. The first-order valence-corrected chi connectivity index (χ1v) is 7.04. The predicted octanol–water partition coefficient (Wildman–Crippen LogP) is 1.00. The fourth-order valence-electron chi connectivity index (χ4n) is 2.37. The van der Waals surface area contributed by atoms with Gasteiger partial charge in [0, 0.05) is 38.4 Å². The molecule has 0 saturated carbocycles. The molecule has 5 nitrogen and oxygen atoms in total. The standard InChI is InChI=1S/C15H23N3O2/c1-15(16,14(19)20)7-8-17-9-11-18(12-10-17)13-5-3-2-4-6-13/h2-6H,7-12,16H2,1H3,(H,19,20). The van der Waals surface area contributed by atoms with Gasteiger partial charge in [0.2, 0.25) is 0 Å². The van der Waals surface area contributed by atoms with Crippen LogP contribution in [0.4, 0.5) is 5.69 Å². The zero-order valence-electron chi connectivity index (χ0n) is 12.0. The number of nitrogens with two attached hydrogens (primary N) is 1. The van der Waals surface area contributed by atoms with Crippen molar-refractivity contribution in [3.05, 3.63) is 30.3 Å². The minimum absolute atomic E-state index is 0.480. The summed E-state index contributed by atoms with van der Waals surface area (Å²) >= 11 is 0. The third kappa shape index (κ3) is 3.71. The minimum atomic E-state index is -1.13. The molecule has 0 amide bonds. The molecule has 1 fully saturated rings. The topological polar surface area (TPSA) is 69.8 Å². The van der Waals surface area contributed by atoms with Gasteiger partial charge in [-0.25, -0.2) is 0 Å². The predicted molar refractivity (Wildman–Crippen MR) is 79.9 cm³/mol. The van der Waals surface area contributed by atoms with Crippen molar-refractivity contribution in [3.8, 4) is 0 Å². The fraction of sp³-hybridized carbons (Fsp3) is 0.533. The SMILES string of the molecule is CC(N)(CCN1CCN(c2ccccc2)CC1)C(=O)O. The minimum Gasteiger partial charge on any atom is -0.480 e. The second-order valence-electron chi connectivity index (χ2n) is 5.64. The smallest absolute Gasteiger partial charge is 0.323 e. The van der Waals surface area contributed by atoms with E-state index in [1.165, 1.54) is 5.69 Å². The maximum absolute atomic E-state index is 11.0. The fourth-order valence-corrected chi connectivity index (χ4v) is 2.37. The molecule has 1 unspecified atom stereocenters. The van der Waals surface area contributed by atoms with Gasteiger partial charge in [-0.05, 0) is 25.5 Å². The van der Waals surface area contributed by atoms with Gasteiger partial charge in [0.25, 0.3) is 0 Å². The monoisotopic (exact) mass is 277 g/mol. The first-order chi connectivity index (χ1) is 9.49. The molecule has 5 heteroatoms. The number of anilines is 1. The van der Waals surface area contributed by atoms with Crippen LogP contribution in [0.25, 0.3) is 0 Å². The van der Waals surface area contributed by atoms with Gasteiger partial charge < -0.3 is 15.7 Å². The summed E-state index contributed by atoms with van der Waals surface area (Å²) < 4.78 is 0. The molecule has 1 aliphatic heterocycles. The molecule has 0 radical (unpaired) electrons. The number of benzene rings is 1. The number of aliphatic carboxylic acids is 1. The van der Waals surface area contributed by atoms with Gasteiger partial charge in [0.05, 0.1) is 0 Å². The first kappa shape index (κ1) is 14.8. The Morgan fingerprint density at radius 2 is 1.85 bits per heavy atom. The van der Waals surface area contributed by atoms with E-state index in [4.69, 9.17) is 10.8 Å². The molecule has 0 bridgehead atoms. The maximum atomic E-state index is 11.0. The average molecular weight is 277 g/mol. The van der Waals surface area contributed by atoms with E-state index < -0.39 is 11.5 Å². The van der Waals surface area contributed by atoms with Crippen molar-refractivity contribution < 1.29 is 9.90 Å². The zero-order chi connectivity index (χ0) is 14.6. The lowest BCUT2D eigenvalue weighted by molar-refractivity contribution is -0.143. The van der Waals surface area contributed by atoms with Crippen LogP contribution in [0.3, 0.4) is 0 Å². The van der Waals surface area contributed by atoms with Gasteiger partial charge in [0.15, 0.2) is 0 Å². The van der Waals surface area contributed by atoms with Crippen LogP contribution < -0.4 is 10.6 Å². The summed E-state index contributed by atoms with van der Waals surface area (Å²) in [6.45, 7) is 6.16. The number of piperazine rings is 1. The van der Waals surface area contributed by atoms with Crippen molar-refractivity contribution in [2.24, 2.45) is 5.73 Å². The number of nitrogens with zero attached hydrogens (tertiary/aromatic N) is 2. The highest BCUT2D eigenvalue weighted by atomic mass is 16.4. The van der Waals surface area contributed by atoms with Crippen LogP contribution in [0.5, 0.6) is 0 Å². The van der Waals surface area contributed by atoms with Gasteiger partial charge in [-0.3, -0.25) is 9.69 Å². The van der Waals surface area contributed by atoms with Gasteiger partial charge in [-0.1, -0.05) is 18.2 Å². The van der Waals surface area contributed by atoms with Crippen LogP contribution in [0.15, 0.2) is 30.3 Å². The summed E-state index contributed by atoms with van der Waals surface area (Å²) in [6.07, 6.45) is 0.480. The molecular weight excluding hydrogens is 254 g/mol. The molecule has 1 aliphatic rings. The van der Waals surface area contributed by atoms with Gasteiger partial charge in [0.1, 0.15) is 5.54 Å². The summed E-state index contributed by atoms with van der Waals surface area (Å²) in [5.74, 6) is -0.930. The van der Waals surface area contributed by atoms with Crippen molar-refractivity contribution in [2.45, 2.75) is 18.9 Å². The quantitative estimate of drug-likeness (QED) is 0.840. The summed E-state index contributed by atoms with van der Waals surface area (Å²) in [6, 6.07) is 10.4. The van der Waals surface area contributed by atoms with Gasteiger partial charge >= 0.3 is 5.97 Å². The molecule has 110 valence electrons. The molecule has 0 spiro atoms. The number of hydrogen-bond donors (Lipinski definition) is 2. The van der Waals surface area contributed by atoms with E-state index in [0.717, 1.165) is 32.7 Å². The molecular formula is C15H23N3O2. The molecule has 0 aromatic heterocycles. The number of hydrogen-bond acceptors (Lipinski definition) is 4. The number of rotatable bonds is 5. The van der Waals surface area contributed by atoms with Crippen LogP contribution in [0.1, 0.15) is 13.3 Å². The van der Waals surface area contributed by atoms with Gasteiger partial charge in [-0.15, -0.1) is 0 Å². The lowest BCUT2D eigenvalue weighted by Crippen LogP contribution is -2.51. The zero-order valence-corrected chi connectivity index (χ0v) is 12.0. The third-order valence-electron chi connectivity index (χ3n) is 3.93. The lowest BCUT2D eigenvalue weighted by atomic mass is 9.99. The highest BCUT2D eigenvalue weighted by Gasteiger charge is 2.28. The summed E-state index contributed by atoms with van der Waals surface area (Å²) in [7, 11) is 0. The van der Waals surface area contributed by atoms with Crippen molar-refractivity contribution in [3.63, 3.8) is 0 Å². The van der Waals surface area contributed by atoms with E-state index in [9.17, 15) is 4.79 Å². The Labute approximate surface area is 120 Å². The summed E-state index contributed by atoms with van der Waals surface area (Å²) in [4.78, 5) is 15.6. The second-order valence-corrected chi connectivity index (χ2v) is 5.64. The van der Waals surface area contributed by atoms with Crippen LogP contribution in [0, 0.1) is 0 Å². The van der Waals surface area contributed by atoms with E-state index >= 15 is 0 Å². The average Bonchev–Trinajstić information content (AvgIpc) is 2.46. The Bertz CT molecular complexity index is 440. The molecule has 1 atom stereocenters. The van der Waals surface area contributed by atoms with Gasteiger partial charge in [-0.2, -0.15) is 0 Å². The normalized spacial score (nSPS) is 19.6. The Morgan fingerprint density at radius 1 is 1.25 bits per heavy atom. The van der Waals surface area contributed by atoms with Crippen molar-refractivity contribution in [1.29, 1.82) is 0 Å². The number of carboxylic acids is 1. The Hall–Kier alpha value is -1.59. The van der Waals surface area contributed by atoms with Crippen LogP contribution in [0.2, 0.25) is 0 Å². The molecule has 1 aromatic rings. The Morgan fingerprint density at radius 3 is 2.40 bits per heavy atom. The first-order valence-electron chi connectivity index (χ1n) is 7.04. The van der Waals surface area contributed by atoms with E-state index in [-0.39, 0.29) is 0 Å². The van der Waals surface area contributed by atoms with E-state index in [1.807, 2.05) is 6.07 Å². The van der Waals surface area contributed by atoms with E-state index in [1.54, 1.807) is 6.92 Å². The molecule has 1 saturated heterocycles. The summed E-state index contributed by atoms with van der Waals surface area (Å²) in [5, 5.41) is 9.01. The Balaban J connectivity index is 1.79. The van der Waals surface area contributed by atoms with Crippen LogP contribution in [-0.2, 0) is 4.79 Å². The number of carboxylic acid groups (broad SMARTS) is 1. The number of para-hydroxylation sites is 1. The summed E-state index contributed by atoms with van der Waals surface area (Å²) in [5.41, 5.74) is 5.88. The van der Waals surface area contributed by atoms with Crippen LogP contribution >= 0.6 is 0 Å². The van der Waals surface area contributed by atoms with E-state index in [0.29, 0.717) is 6.42 Å². The third-order valence-corrected chi connectivity index (χ3v) is 3.93.